The molecule has 3 nitrogen and oxygen atoms in total. The fourth-order valence-corrected chi connectivity index (χ4v) is 22.8. The molecule has 32 heavy (non-hydrogen) atoms. The minimum absolute atomic E-state index is 0.00432. The molecule has 180 valence electrons. The third-order valence-corrected chi connectivity index (χ3v) is 24.3. The number of esters is 1. The predicted molar refractivity (Wildman–Crippen MR) is 138 cm³/mol. The van der Waals surface area contributed by atoms with Crippen LogP contribution in [0.5, 0.6) is 0 Å². The Morgan fingerprint density at radius 2 is 1.66 bits per heavy atom. The summed E-state index contributed by atoms with van der Waals surface area (Å²) in [4.78, 5) is 15.4. The SMILES string of the molecule is CCC[CH2][Sn]([CH2]CCC)([CH2]CCC)[c]1cccc([C@H]2C[C@@H]3CC[C@H]([C@H]2C(=O)OC)N3C)c1. The van der Waals surface area contributed by atoms with E-state index in [1.54, 1.807) is 10.7 Å². The van der Waals surface area contributed by atoms with Crippen molar-refractivity contribution in [3.8, 4) is 0 Å². The van der Waals surface area contributed by atoms with Gasteiger partial charge in [0.25, 0.3) is 0 Å². The second kappa shape index (κ2) is 12.2. The average Bonchev–Trinajstić information content (AvgIpc) is 3.05. The second-order valence-corrected chi connectivity index (χ2v) is 23.8. The van der Waals surface area contributed by atoms with E-state index in [2.05, 4.69) is 57.0 Å². The van der Waals surface area contributed by atoms with E-state index >= 15 is 0 Å². The monoisotopic (exact) mass is 549 g/mol. The number of hydrogen-bond donors (Lipinski definition) is 0. The van der Waals surface area contributed by atoms with E-state index in [4.69, 9.17) is 4.74 Å². The maximum absolute atomic E-state index is 13.0. The van der Waals surface area contributed by atoms with E-state index in [-0.39, 0.29) is 11.9 Å². The Labute approximate surface area is 201 Å². The van der Waals surface area contributed by atoms with Crippen molar-refractivity contribution in [3.05, 3.63) is 29.8 Å². The predicted octanol–water partition coefficient (Wildman–Crippen LogP) is 6.48. The summed E-state index contributed by atoms with van der Waals surface area (Å²) in [5.74, 6) is 0.282. The number of fused-ring (bicyclic) bond motifs is 2. The van der Waals surface area contributed by atoms with E-state index in [1.165, 1.54) is 63.8 Å². The molecule has 1 aromatic rings. The molecular weight excluding hydrogens is 501 g/mol. The first-order valence-corrected chi connectivity index (χ1v) is 20.9. The van der Waals surface area contributed by atoms with Crippen LogP contribution in [0, 0.1) is 5.92 Å². The summed E-state index contributed by atoms with van der Waals surface area (Å²) in [5.41, 5.74) is 1.42. The number of hydrogen-bond acceptors (Lipinski definition) is 3. The molecule has 0 unspecified atom stereocenters. The molecule has 0 N–H and O–H groups in total. The van der Waals surface area contributed by atoms with E-state index in [1.807, 2.05) is 0 Å². The van der Waals surface area contributed by atoms with Crippen LogP contribution in [-0.4, -0.2) is 55.5 Å². The van der Waals surface area contributed by atoms with Crippen LogP contribution in [0.4, 0.5) is 0 Å². The van der Waals surface area contributed by atoms with Crippen LogP contribution in [0.3, 0.4) is 0 Å². The molecule has 4 heteroatoms. The van der Waals surface area contributed by atoms with Gasteiger partial charge in [0.15, 0.2) is 0 Å². The van der Waals surface area contributed by atoms with Gasteiger partial charge >= 0.3 is 202 Å². The molecule has 0 radical (unpaired) electrons. The number of carbonyl (C=O) groups excluding carboxylic acids is 1. The van der Waals surface area contributed by atoms with Crippen molar-refractivity contribution in [2.75, 3.05) is 14.2 Å². The number of rotatable bonds is 12. The van der Waals surface area contributed by atoms with Gasteiger partial charge in [0.05, 0.1) is 0 Å². The van der Waals surface area contributed by atoms with Crippen LogP contribution >= 0.6 is 0 Å². The maximum atomic E-state index is 13.0. The Morgan fingerprint density at radius 3 is 2.22 bits per heavy atom. The van der Waals surface area contributed by atoms with Crippen molar-refractivity contribution in [3.63, 3.8) is 0 Å². The topological polar surface area (TPSA) is 29.5 Å². The summed E-state index contributed by atoms with van der Waals surface area (Å²) in [6, 6.07) is 10.7. The molecule has 2 aliphatic rings. The summed E-state index contributed by atoms with van der Waals surface area (Å²) in [7, 11) is 3.78. The molecule has 0 amide bonds. The fourth-order valence-electron chi connectivity index (χ4n) is 6.72. The molecule has 2 saturated heterocycles. The van der Waals surface area contributed by atoms with Gasteiger partial charge in [0.1, 0.15) is 0 Å². The van der Waals surface area contributed by atoms with Crippen LogP contribution in [0.2, 0.25) is 13.3 Å². The Hall–Kier alpha value is -0.551. The van der Waals surface area contributed by atoms with Crippen LogP contribution in [-0.2, 0) is 9.53 Å². The quantitative estimate of drug-likeness (QED) is 0.221. The van der Waals surface area contributed by atoms with Gasteiger partial charge in [0, 0.05) is 0 Å². The molecule has 3 rings (SSSR count). The standard InChI is InChI=1S/C16H20NO2.3C4H9.Sn/c1-17-12-8-9-14(17)15(16(18)19-2)13(10-12)11-6-4-3-5-7-11;3*1-3-4-2;/h3-4,6-7,12-15H,8-10H2,1-2H3;3*1,3-4H2,2H3;/t12-,13+,14+,15-;;;;/m0..../s1. The van der Waals surface area contributed by atoms with Gasteiger partial charge in [-0.3, -0.25) is 0 Å². The van der Waals surface area contributed by atoms with Crippen LogP contribution < -0.4 is 3.58 Å². The minimum atomic E-state index is -2.48. The fraction of sp³-hybridized carbons (Fsp3) is 0.750. The number of piperidine rings is 1. The van der Waals surface area contributed by atoms with E-state index in [0.29, 0.717) is 18.0 Å². The van der Waals surface area contributed by atoms with Crippen LogP contribution in [0.15, 0.2) is 24.3 Å². The van der Waals surface area contributed by atoms with E-state index < -0.39 is 18.4 Å². The van der Waals surface area contributed by atoms with Gasteiger partial charge in [-0.05, 0) is 0 Å². The summed E-state index contributed by atoms with van der Waals surface area (Å²) < 4.78 is 11.6. The zero-order valence-corrected chi connectivity index (χ0v) is 24.2. The Bertz CT molecular complexity index is 714. The summed E-state index contributed by atoms with van der Waals surface area (Å²) >= 11 is -2.48. The third kappa shape index (κ3) is 5.56. The molecule has 2 heterocycles. The first-order valence-electron chi connectivity index (χ1n) is 13.4. The number of ether oxygens (including phenoxy) is 1. The molecule has 0 spiro atoms. The molecule has 2 aliphatic heterocycles. The van der Waals surface area contributed by atoms with E-state index in [0.717, 1.165) is 12.8 Å². The van der Waals surface area contributed by atoms with Gasteiger partial charge in [0.2, 0.25) is 0 Å². The van der Waals surface area contributed by atoms with Crippen molar-refractivity contribution >= 4 is 27.9 Å². The normalized spacial score (nSPS) is 25.8. The molecule has 0 aliphatic carbocycles. The van der Waals surface area contributed by atoms with Gasteiger partial charge in [-0.15, -0.1) is 0 Å². The number of nitrogens with zero attached hydrogens (tertiary/aromatic N) is 1. The van der Waals surface area contributed by atoms with Crippen LogP contribution in [0.1, 0.15) is 90.0 Å². The molecule has 1 aromatic carbocycles. The van der Waals surface area contributed by atoms with Crippen molar-refractivity contribution in [1.29, 1.82) is 0 Å². The van der Waals surface area contributed by atoms with Gasteiger partial charge < -0.3 is 0 Å². The van der Waals surface area contributed by atoms with Crippen molar-refractivity contribution in [2.45, 2.75) is 110 Å². The zero-order valence-electron chi connectivity index (χ0n) is 21.4. The Balaban J connectivity index is 1.98. The molecule has 2 fully saturated rings. The van der Waals surface area contributed by atoms with Crippen molar-refractivity contribution in [1.82, 2.24) is 4.90 Å². The number of methoxy groups -OCH3 is 1. The summed E-state index contributed by atoms with van der Waals surface area (Å²) in [6.45, 7) is 7.05. The van der Waals surface area contributed by atoms with Crippen molar-refractivity contribution < 1.29 is 9.53 Å². The van der Waals surface area contributed by atoms with Crippen molar-refractivity contribution in [2.24, 2.45) is 5.92 Å². The van der Waals surface area contributed by atoms with Gasteiger partial charge in [-0.1, -0.05) is 0 Å². The van der Waals surface area contributed by atoms with Gasteiger partial charge in [-0.25, -0.2) is 0 Å². The molecule has 0 saturated carbocycles. The first kappa shape index (κ1) is 26.1. The summed E-state index contributed by atoms with van der Waals surface area (Å²) in [5, 5.41) is 0. The number of carbonyl (C=O) groups is 1. The zero-order chi connectivity index (χ0) is 23.1. The Morgan fingerprint density at radius 1 is 1.03 bits per heavy atom. The molecule has 0 aromatic heterocycles. The Kier molecular flexibility index (Phi) is 9.97. The first-order chi connectivity index (χ1) is 15.5. The van der Waals surface area contributed by atoms with E-state index in [9.17, 15) is 4.79 Å². The number of benzene rings is 1. The number of unbranched alkanes of at least 4 members (excludes halogenated alkanes) is 3. The molecule has 4 atom stereocenters. The van der Waals surface area contributed by atoms with Crippen LogP contribution in [0.25, 0.3) is 0 Å². The molecule has 2 bridgehead atoms. The summed E-state index contributed by atoms with van der Waals surface area (Å²) in [6.07, 6.45) is 11.5. The average molecular weight is 548 g/mol. The third-order valence-electron chi connectivity index (χ3n) is 8.70. The molecular formula is C28H47NO2Sn. The second-order valence-electron chi connectivity index (χ2n) is 10.6. The van der Waals surface area contributed by atoms with Gasteiger partial charge in [-0.2, -0.15) is 0 Å².